The number of carboxylic acids is 2. The van der Waals surface area contributed by atoms with Crippen LogP contribution in [0.5, 0.6) is 0 Å². The van der Waals surface area contributed by atoms with Crippen molar-refractivity contribution in [3.8, 4) is 0 Å². The number of rotatable bonds is 14. The molecule has 146 valence electrons. The average molecular weight is 358 g/mol. The quantitative estimate of drug-likeness (QED) is 0.452. The van der Waals surface area contributed by atoms with Gasteiger partial charge in [-0.3, -0.25) is 9.59 Å². The van der Waals surface area contributed by atoms with Crippen LogP contribution in [0, 0.1) is 5.41 Å². The first-order valence-electron chi connectivity index (χ1n) is 9.64. The van der Waals surface area contributed by atoms with Crippen LogP contribution in [0.4, 0.5) is 0 Å². The molecule has 0 aromatic rings. The molecule has 2 N–H and O–H groups in total. The molecule has 0 amide bonds. The molecule has 1 rings (SSSR count). The van der Waals surface area contributed by atoms with Gasteiger partial charge in [0.1, 0.15) is 0 Å². The minimum Gasteiger partial charge on any atom is -0.481 e. The van der Waals surface area contributed by atoms with Gasteiger partial charge >= 0.3 is 11.9 Å². The third kappa shape index (κ3) is 9.80. The highest BCUT2D eigenvalue weighted by Gasteiger charge is 2.37. The number of unbranched alkanes of at least 4 members (excludes halogenated alkanes) is 6. The zero-order chi connectivity index (χ0) is 18.5. The van der Waals surface area contributed by atoms with Gasteiger partial charge in [0.2, 0.25) is 0 Å². The lowest BCUT2D eigenvalue weighted by Gasteiger charge is -2.40. The van der Waals surface area contributed by atoms with Crippen LogP contribution >= 0.6 is 0 Å². The predicted molar refractivity (Wildman–Crippen MR) is 94.5 cm³/mol. The van der Waals surface area contributed by atoms with Crippen LogP contribution in [0.3, 0.4) is 0 Å². The Morgan fingerprint density at radius 2 is 1.36 bits per heavy atom. The van der Waals surface area contributed by atoms with Crippen molar-refractivity contribution in [2.75, 3.05) is 13.2 Å². The molecule has 0 atom stereocenters. The second-order valence-electron chi connectivity index (χ2n) is 7.25. The molecule has 0 spiro atoms. The largest absolute Gasteiger partial charge is 0.481 e. The van der Waals surface area contributed by atoms with Crippen molar-refractivity contribution in [1.29, 1.82) is 0 Å². The molecule has 25 heavy (non-hydrogen) atoms. The van der Waals surface area contributed by atoms with Crippen LogP contribution in [0.25, 0.3) is 0 Å². The maximum absolute atomic E-state index is 10.9. The van der Waals surface area contributed by atoms with E-state index in [4.69, 9.17) is 19.7 Å². The molecule has 0 saturated carbocycles. The Bertz CT molecular complexity index is 367. The molecule has 0 aromatic heterocycles. The van der Waals surface area contributed by atoms with E-state index in [1.165, 1.54) is 38.5 Å². The number of hydrogen-bond acceptors (Lipinski definition) is 4. The molecule has 0 radical (unpaired) electrons. The molecule has 6 nitrogen and oxygen atoms in total. The molecule has 1 aliphatic rings. The fraction of sp³-hybridized carbons (Fsp3) is 0.895. The highest BCUT2D eigenvalue weighted by molar-refractivity contribution is 5.67. The van der Waals surface area contributed by atoms with Crippen molar-refractivity contribution in [2.45, 2.75) is 90.3 Å². The number of carboxylic acid groups (broad SMARTS) is 2. The second-order valence-corrected chi connectivity index (χ2v) is 7.25. The predicted octanol–water partition coefficient (Wildman–Crippen LogP) is 4.22. The number of hydrogen-bond donors (Lipinski definition) is 2. The molecular formula is C19H34O6. The molecule has 0 bridgehead atoms. The summed E-state index contributed by atoms with van der Waals surface area (Å²) in [5.74, 6) is -1.75. The van der Waals surface area contributed by atoms with Gasteiger partial charge in [-0.1, -0.05) is 45.4 Å². The summed E-state index contributed by atoms with van der Waals surface area (Å²) in [6.45, 7) is 2.98. The topological polar surface area (TPSA) is 93.1 Å². The van der Waals surface area contributed by atoms with Gasteiger partial charge in [-0.15, -0.1) is 0 Å². The minimum atomic E-state index is -0.875. The lowest BCUT2D eigenvalue weighted by molar-refractivity contribution is -0.235. The van der Waals surface area contributed by atoms with Crippen molar-refractivity contribution < 1.29 is 29.3 Å². The van der Waals surface area contributed by atoms with E-state index in [0.717, 1.165) is 12.8 Å². The standard InChI is InChI=1S/C19H34O6/c1-2-3-4-5-6-7-8-9-18-24-14-19(15-25-18,12-10-16(20)21)13-11-17(22)23/h18H,2-15H2,1H3,(H,20,21)(H,22,23). The van der Waals surface area contributed by atoms with E-state index in [-0.39, 0.29) is 19.1 Å². The van der Waals surface area contributed by atoms with Crippen molar-refractivity contribution in [1.82, 2.24) is 0 Å². The highest BCUT2D eigenvalue weighted by Crippen LogP contribution is 2.35. The zero-order valence-corrected chi connectivity index (χ0v) is 15.5. The monoisotopic (exact) mass is 358 g/mol. The SMILES string of the molecule is CCCCCCCCCC1OCC(CCC(=O)O)(CCC(=O)O)CO1. The number of aliphatic carboxylic acids is 2. The maximum atomic E-state index is 10.9. The van der Waals surface area contributed by atoms with E-state index in [1.54, 1.807) is 0 Å². The van der Waals surface area contributed by atoms with Gasteiger partial charge in [-0.2, -0.15) is 0 Å². The van der Waals surface area contributed by atoms with Gasteiger partial charge in [-0.25, -0.2) is 0 Å². The Morgan fingerprint density at radius 3 is 1.84 bits per heavy atom. The van der Waals surface area contributed by atoms with Crippen LogP contribution in [0.1, 0.15) is 84.0 Å². The van der Waals surface area contributed by atoms with E-state index in [9.17, 15) is 9.59 Å². The first-order valence-corrected chi connectivity index (χ1v) is 9.64. The summed E-state index contributed by atoms with van der Waals surface area (Å²) in [6, 6.07) is 0. The summed E-state index contributed by atoms with van der Waals surface area (Å²) in [5.41, 5.74) is -0.493. The highest BCUT2D eigenvalue weighted by atomic mass is 16.7. The van der Waals surface area contributed by atoms with Gasteiger partial charge < -0.3 is 19.7 Å². The molecule has 0 aliphatic carbocycles. The number of carbonyl (C=O) groups is 2. The van der Waals surface area contributed by atoms with E-state index in [0.29, 0.717) is 26.1 Å². The van der Waals surface area contributed by atoms with Crippen molar-refractivity contribution in [3.63, 3.8) is 0 Å². The summed E-state index contributed by atoms with van der Waals surface area (Å²) in [5, 5.41) is 17.8. The summed E-state index contributed by atoms with van der Waals surface area (Å²) in [7, 11) is 0. The lowest BCUT2D eigenvalue weighted by Crippen LogP contribution is -2.42. The maximum Gasteiger partial charge on any atom is 0.303 e. The Hall–Kier alpha value is -1.14. The third-order valence-electron chi connectivity index (χ3n) is 4.93. The zero-order valence-electron chi connectivity index (χ0n) is 15.5. The summed E-state index contributed by atoms with van der Waals surface area (Å²) >= 11 is 0. The summed E-state index contributed by atoms with van der Waals surface area (Å²) in [6.07, 6.45) is 10.1. The molecular weight excluding hydrogens is 324 g/mol. The molecule has 1 aliphatic heterocycles. The molecule has 1 fully saturated rings. The van der Waals surface area contributed by atoms with Crippen LogP contribution in [0.15, 0.2) is 0 Å². The van der Waals surface area contributed by atoms with Crippen molar-refractivity contribution in [2.24, 2.45) is 5.41 Å². The van der Waals surface area contributed by atoms with Gasteiger partial charge in [-0.05, 0) is 25.7 Å². The smallest absolute Gasteiger partial charge is 0.303 e. The normalized spacial score (nSPS) is 17.5. The van der Waals surface area contributed by atoms with Gasteiger partial charge in [0, 0.05) is 18.3 Å². The van der Waals surface area contributed by atoms with Gasteiger partial charge in [0.15, 0.2) is 6.29 Å². The van der Waals surface area contributed by atoms with Crippen LogP contribution in [0.2, 0.25) is 0 Å². The van der Waals surface area contributed by atoms with Crippen molar-refractivity contribution in [3.05, 3.63) is 0 Å². The lowest BCUT2D eigenvalue weighted by atomic mass is 9.80. The van der Waals surface area contributed by atoms with Gasteiger partial charge in [0.05, 0.1) is 13.2 Å². The van der Waals surface area contributed by atoms with Crippen molar-refractivity contribution >= 4 is 11.9 Å². The average Bonchev–Trinajstić information content (AvgIpc) is 2.59. The second kappa shape index (κ2) is 12.3. The molecule has 6 heteroatoms. The van der Waals surface area contributed by atoms with E-state index in [2.05, 4.69) is 6.92 Å². The Kier molecular flexibility index (Phi) is 10.7. The Labute approximate surface area is 150 Å². The Balaban J connectivity index is 2.28. The van der Waals surface area contributed by atoms with E-state index in [1.807, 2.05) is 0 Å². The Morgan fingerprint density at radius 1 is 0.880 bits per heavy atom. The van der Waals surface area contributed by atoms with E-state index >= 15 is 0 Å². The summed E-state index contributed by atoms with van der Waals surface area (Å²) < 4.78 is 11.6. The van der Waals surface area contributed by atoms with Crippen LogP contribution in [-0.2, 0) is 19.1 Å². The van der Waals surface area contributed by atoms with Crippen LogP contribution < -0.4 is 0 Å². The molecule has 0 unspecified atom stereocenters. The third-order valence-corrected chi connectivity index (χ3v) is 4.93. The van der Waals surface area contributed by atoms with Gasteiger partial charge in [0.25, 0.3) is 0 Å². The molecule has 1 saturated heterocycles. The fourth-order valence-corrected chi connectivity index (χ4v) is 3.22. The van der Waals surface area contributed by atoms with E-state index < -0.39 is 17.4 Å². The molecule has 1 heterocycles. The number of ether oxygens (including phenoxy) is 2. The summed E-state index contributed by atoms with van der Waals surface area (Å²) in [4.78, 5) is 21.7. The first-order chi connectivity index (χ1) is 12.0. The fourth-order valence-electron chi connectivity index (χ4n) is 3.22. The molecule has 0 aromatic carbocycles. The first kappa shape index (κ1) is 21.9. The minimum absolute atomic E-state index is 0.00870. The van der Waals surface area contributed by atoms with Crippen LogP contribution in [-0.4, -0.2) is 41.7 Å².